The number of nitrogens with zero attached hydrogens (tertiary/aromatic N) is 1. The molecule has 5 heteroatoms. The molecule has 0 aliphatic rings. The zero-order valence-corrected chi connectivity index (χ0v) is 9.83. The van der Waals surface area contributed by atoms with Crippen molar-refractivity contribution in [2.24, 2.45) is 0 Å². The molecule has 0 atom stereocenters. The predicted molar refractivity (Wildman–Crippen MR) is 65.9 cm³/mol. The zero-order chi connectivity index (χ0) is 13.1. The summed E-state index contributed by atoms with van der Waals surface area (Å²) in [6, 6.07) is 8.08. The lowest BCUT2D eigenvalue weighted by atomic mass is 10.2. The highest BCUT2D eigenvalue weighted by atomic mass is 16.4. The molecule has 0 amide bonds. The van der Waals surface area contributed by atoms with Crippen LogP contribution in [0.3, 0.4) is 0 Å². The molecule has 0 radical (unpaired) electrons. The Morgan fingerprint density at radius 3 is 2.56 bits per heavy atom. The van der Waals surface area contributed by atoms with Crippen LogP contribution < -0.4 is 4.90 Å². The fourth-order valence-corrected chi connectivity index (χ4v) is 1.67. The number of hydrogen-bond acceptors (Lipinski definition) is 4. The second-order valence-electron chi connectivity index (χ2n) is 3.94. The lowest BCUT2D eigenvalue weighted by Gasteiger charge is -2.18. The van der Waals surface area contributed by atoms with Crippen molar-refractivity contribution in [2.45, 2.75) is 6.54 Å². The molecule has 2 aromatic rings. The molecule has 0 spiro atoms. The third kappa shape index (κ3) is 2.45. The minimum absolute atomic E-state index is 0.167. The molecule has 1 aromatic heterocycles. The van der Waals surface area contributed by atoms with Gasteiger partial charge < -0.3 is 19.5 Å². The molecule has 0 aliphatic heterocycles. The van der Waals surface area contributed by atoms with E-state index in [4.69, 9.17) is 9.52 Å². The van der Waals surface area contributed by atoms with E-state index in [9.17, 15) is 9.90 Å². The lowest BCUT2D eigenvalue weighted by Crippen LogP contribution is -2.17. The average Bonchev–Trinajstić information content (AvgIpc) is 2.78. The van der Waals surface area contributed by atoms with E-state index in [1.165, 1.54) is 12.3 Å². The summed E-state index contributed by atoms with van der Waals surface area (Å²) in [6.45, 7) is 0.347. The largest absolute Gasteiger partial charge is 0.508 e. The van der Waals surface area contributed by atoms with Crippen molar-refractivity contribution in [1.29, 1.82) is 0 Å². The number of phenols is 1. The summed E-state index contributed by atoms with van der Waals surface area (Å²) in [4.78, 5) is 12.8. The highest BCUT2D eigenvalue weighted by molar-refractivity contribution is 5.88. The minimum atomic E-state index is -1.00. The van der Waals surface area contributed by atoms with E-state index >= 15 is 0 Å². The van der Waals surface area contributed by atoms with Gasteiger partial charge in [-0.2, -0.15) is 0 Å². The first kappa shape index (κ1) is 12.0. The highest BCUT2D eigenvalue weighted by Gasteiger charge is 2.15. The van der Waals surface area contributed by atoms with Crippen LogP contribution in [-0.4, -0.2) is 23.2 Å². The van der Waals surface area contributed by atoms with E-state index in [0.717, 1.165) is 5.69 Å². The van der Waals surface area contributed by atoms with Crippen molar-refractivity contribution in [2.75, 3.05) is 11.9 Å². The third-order valence-corrected chi connectivity index (χ3v) is 2.65. The van der Waals surface area contributed by atoms with Gasteiger partial charge in [-0.1, -0.05) is 0 Å². The Labute approximate surface area is 104 Å². The summed E-state index contributed by atoms with van der Waals surface area (Å²) in [6.07, 6.45) is 1.36. The first-order chi connectivity index (χ1) is 8.58. The van der Waals surface area contributed by atoms with E-state index in [1.807, 2.05) is 11.9 Å². The number of furan rings is 1. The van der Waals surface area contributed by atoms with Gasteiger partial charge in [-0.25, -0.2) is 4.79 Å². The van der Waals surface area contributed by atoms with Gasteiger partial charge in [0.05, 0.1) is 12.8 Å². The number of rotatable bonds is 4. The first-order valence-electron chi connectivity index (χ1n) is 5.38. The molecule has 1 heterocycles. The smallest absolute Gasteiger partial charge is 0.339 e. The SMILES string of the molecule is CN(Cc1occc1C(=O)O)c1ccc(O)cc1. The van der Waals surface area contributed by atoms with Crippen LogP contribution in [0.4, 0.5) is 5.69 Å². The predicted octanol–water partition coefficient (Wildman–Crippen LogP) is 2.32. The van der Waals surface area contributed by atoms with E-state index in [1.54, 1.807) is 24.3 Å². The molecule has 0 saturated heterocycles. The second kappa shape index (κ2) is 4.83. The van der Waals surface area contributed by atoms with Crippen molar-refractivity contribution < 1.29 is 19.4 Å². The molecule has 18 heavy (non-hydrogen) atoms. The van der Waals surface area contributed by atoms with E-state index in [0.29, 0.717) is 12.3 Å². The molecule has 0 unspecified atom stereocenters. The van der Waals surface area contributed by atoms with E-state index in [-0.39, 0.29) is 11.3 Å². The normalized spacial score (nSPS) is 10.3. The molecule has 0 aliphatic carbocycles. The number of carboxylic acids is 1. The summed E-state index contributed by atoms with van der Waals surface area (Å²) in [7, 11) is 1.82. The van der Waals surface area contributed by atoms with Crippen LogP contribution in [-0.2, 0) is 6.54 Å². The van der Waals surface area contributed by atoms with Gasteiger partial charge in [0.1, 0.15) is 17.1 Å². The van der Waals surface area contributed by atoms with Crippen molar-refractivity contribution >= 4 is 11.7 Å². The Balaban J connectivity index is 2.16. The van der Waals surface area contributed by atoms with Crippen molar-refractivity contribution in [3.63, 3.8) is 0 Å². The summed E-state index contributed by atoms with van der Waals surface area (Å²) < 4.78 is 5.17. The van der Waals surface area contributed by atoms with Crippen LogP contribution in [0.25, 0.3) is 0 Å². The molecule has 0 saturated carbocycles. The summed E-state index contributed by atoms with van der Waals surface area (Å²) >= 11 is 0. The fraction of sp³-hybridized carbons (Fsp3) is 0.154. The summed E-state index contributed by atoms with van der Waals surface area (Å²) in [5.41, 5.74) is 1.03. The Bertz CT molecular complexity index is 544. The Morgan fingerprint density at radius 2 is 1.94 bits per heavy atom. The molecule has 1 aromatic carbocycles. The maximum Gasteiger partial charge on any atom is 0.339 e. The van der Waals surface area contributed by atoms with Crippen LogP contribution in [0.1, 0.15) is 16.1 Å². The van der Waals surface area contributed by atoms with Gasteiger partial charge in [-0.05, 0) is 30.3 Å². The van der Waals surface area contributed by atoms with Crippen molar-refractivity contribution in [1.82, 2.24) is 0 Å². The maximum absolute atomic E-state index is 10.9. The first-order valence-corrected chi connectivity index (χ1v) is 5.38. The molecule has 2 N–H and O–H groups in total. The van der Waals surface area contributed by atoms with Crippen molar-refractivity contribution in [3.8, 4) is 5.75 Å². The van der Waals surface area contributed by atoms with Crippen LogP contribution in [0.15, 0.2) is 41.0 Å². The van der Waals surface area contributed by atoms with Crippen LogP contribution in [0.2, 0.25) is 0 Å². The molecular weight excluding hydrogens is 234 g/mol. The molecule has 2 rings (SSSR count). The Morgan fingerprint density at radius 1 is 1.28 bits per heavy atom. The Kier molecular flexibility index (Phi) is 3.23. The summed E-state index contributed by atoms with van der Waals surface area (Å²) in [5.74, 6) is -0.410. The zero-order valence-electron chi connectivity index (χ0n) is 9.83. The standard InChI is InChI=1S/C13H13NO4/c1-14(9-2-4-10(15)5-3-9)8-12-11(13(16)17)6-7-18-12/h2-7,15H,8H2,1H3,(H,16,17). The van der Waals surface area contributed by atoms with Gasteiger partial charge in [-0.15, -0.1) is 0 Å². The number of benzene rings is 1. The van der Waals surface area contributed by atoms with Crippen molar-refractivity contribution in [3.05, 3.63) is 47.9 Å². The van der Waals surface area contributed by atoms with Gasteiger partial charge in [0.15, 0.2) is 0 Å². The Hall–Kier alpha value is -2.43. The molecule has 0 bridgehead atoms. The number of hydrogen-bond donors (Lipinski definition) is 2. The highest BCUT2D eigenvalue weighted by Crippen LogP contribution is 2.20. The number of carbonyl (C=O) groups is 1. The number of aromatic carboxylic acids is 1. The monoisotopic (exact) mass is 247 g/mol. The molecule has 0 fully saturated rings. The molecule has 94 valence electrons. The average molecular weight is 247 g/mol. The quantitative estimate of drug-likeness (QED) is 0.867. The van der Waals surface area contributed by atoms with Crippen LogP contribution in [0.5, 0.6) is 5.75 Å². The fourth-order valence-electron chi connectivity index (χ4n) is 1.67. The number of carboxylic acid groups (broad SMARTS) is 1. The van der Waals surface area contributed by atoms with Crippen LogP contribution in [0, 0.1) is 0 Å². The third-order valence-electron chi connectivity index (χ3n) is 2.65. The van der Waals surface area contributed by atoms with Gasteiger partial charge >= 0.3 is 5.97 Å². The van der Waals surface area contributed by atoms with Gasteiger partial charge in [0, 0.05) is 12.7 Å². The second-order valence-corrected chi connectivity index (χ2v) is 3.94. The molecule has 5 nitrogen and oxygen atoms in total. The van der Waals surface area contributed by atoms with Gasteiger partial charge in [-0.3, -0.25) is 0 Å². The number of aromatic hydroxyl groups is 1. The summed E-state index contributed by atoms with van der Waals surface area (Å²) in [5, 5.41) is 18.2. The number of anilines is 1. The molecular formula is C13H13NO4. The van der Waals surface area contributed by atoms with Crippen LogP contribution >= 0.6 is 0 Å². The number of phenolic OH excluding ortho intramolecular Hbond substituents is 1. The maximum atomic E-state index is 10.9. The lowest BCUT2D eigenvalue weighted by molar-refractivity contribution is 0.0694. The van der Waals surface area contributed by atoms with Gasteiger partial charge in [0.25, 0.3) is 0 Å². The van der Waals surface area contributed by atoms with E-state index in [2.05, 4.69) is 0 Å². The minimum Gasteiger partial charge on any atom is -0.508 e. The van der Waals surface area contributed by atoms with E-state index < -0.39 is 5.97 Å². The van der Waals surface area contributed by atoms with Gasteiger partial charge in [0.2, 0.25) is 0 Å². The topological polar surface area (TPSA) is 73.9 Å².